The van der Waals surface area contributed by atoms with Gasteiger partial charge < -0.3 is 4.90 Å². The van der Waals surface area contributed by atoms with E-state index in [1.807, 2.05) is 0 Å². The third-order valence-electron chi connectivity index (χ3n) is 3.48. The molecule has 0 aliphatic heterocycles. The highest BCUT2D eigenvalue weighted by Crippen LogP contribution is 2.42. The van der Waals surface area contributed by atoms with E-state index in [1.165, 1.54) is 4.90 Å². The fraction of sp³-hybridized carbons (Fsp3) is 0.769. The summed E-state index contributed by atoms with van der Waals surface area (Å²) in [6.07, 6.45) is 2.40. The number of hydrogen-bond acceptors (Lipinski definition) is 1. The van der Waals surface area contributed by atoms with Gasteiger partial charge in [0, 0.05) is 12.5 Å². The lowest BCUT2D eigenvalue weighted by atomic mass is 9.78. The van der Waals surface area contributed by atoms with Crippen molar-refractivity contribution in [3.8, 4) is 12.3 Å². The first-order chi connectivity index (χ1) is 8.41. The smallest absolute Gasteiger partial charge is 0.332 e. The van der Waals surface area contributed by atoms with Crippen molar-refractivity contribution in [3.63, 3.8) is 0 Å². The van der Waals surface area contributed by atoms with Crippen LogP contribution < -0.4 is 0 Å². The van der Waals surface area contributed by atoms with Crippen LogP contribution in [0.2, 0.25) is 0 Å². The minimum atomic E-state index is -4.30. The molecule has 0 spiro atoms. The summed E-state index contributed by atoms with van der Waals surface area (Å²) in [7, 11) is 0. The molecule has 2 atom stereocenters. The maximum absolute atomic E-state index is 12.9. The average Bonchev–Trinajstić information content (AvgIpc) is 2.34. The fourth-order valence-corrected chi connectivity index (χ4v) is 2.51. The molecule has 0 radical (unpaired) electrons. The molecule has 0 heterocycles. The Balaban J connectivity index is 2.83. The zero-order valence-corrected chi connectivity index (χ0v) is 10.5. The molecule has 1 rings (SSSR count). The number of carbonyl (C=O) groups is 1. The molecule has 18 heavy (non-hydrogen) atoms. The van der Waals surface area contributed by atoms with Crippen molar-refractivity contribution in [2.45, 2.75) is 38.8 Å². The molecule has 0 N–H and O–H groups in total. The average molecular weight is 261 g/mol. The minimum absolute atomic E-state index is 0.0491. The van der Waals surface area contributed by atoms with Crippen molar-refractivity contribution < 1.29 is 18.0 Å². The summed E-state index contributed by atoms with van der Waals surface area (Å²) in [4.78, 5) is 13.4. The van der Waals surface area contributed by atoms with Crippen LogP contribution in [0.4, 0.5) is 13.2 Å². The van der Waals surface area contributed by atoms with Gasteiger partial charge in [-0.3, -0.25) is 4.79 Å². The van der Waals surface area contributed by atoms with Crippen molar-refractivity contribution in [1.29, 1.82) is 0 Å². The predicted octanol–water partition coefficient (Wildman–Crippen LogP) is 2.84. The molecule has 0 aromatic rings. The summed E-state index contributed by atoms with van der Waals surface area (Å²) in [6.45, 7) is 2.15. The van der Waals surface area contributed by atoms with Gasteiger partial charge >= 0.3 is 6.18 Å². The lowest BCUT2D eigenvalue weighted by Crippen LogP contribution is -2.44. The van der Waals surface area contributed by atoms with Crippen LogP contribution in [0, 0.1) is 24.2 Å². The third kappa shape index (κ3) is 3.41. The number of halogens is 3. The minimum Gasteiger partial charge on any atom is -0.332 e. The Morgan fingerprint density at radius 2 is 2.00 bits per heavy atom. The number of carbonyl (C=O) groups excluding carboxylic acids is 1. The lowest BCUT2D eigenvalue weighted by molar-refractivity contribution is -0.200. The van der Waals surface area contributed by atoms with Crippen LogP contribution >= 0.6 is 0 Å². The first-order valence-corrected chi connectivity index (χ1v) is 6.20. The molecule has 1 aliphatic carbocycles. The van der Waals surface area contributed by atoms with Gasteiger partial charge in [0.2, 0.25) is 5.91 Å². The topological polar surface area (TPSA) is 20.3 Å². The van der Waals surface area contributed by atoms with Crippen LogP contribution in [0.5, 0.6) is 0 Å². The van der Waals surface area contributed by atoms with E-state index in [4.69, 9.17) is 6.42 Å². The van der Waals surface area contributed by atoms with Gasteiger partial charge in [-0.2, -0.15) is 13.2 Å². The van der Waals surface area contributed by atoms with Crippen molar-refractivity contribution in [3.05, 3.63) is 0 Å². The Bertz CT molecular complexity index is 332. The molecule has 0 bridgehead atoms. The molecule has 0 aromatic heterocycles. The first kappa shape index (κ1) is 14.9. The number of terminal acetylenes is 1. The Hall–Kier alpha value is -1.18. The highest BCUT2D eigenvalue weighted by Gasteiger charge is 2.48. The molecular weight excluding hydrogens is 243 g/mol. The molecule has 2 unspecified atom stereocenters. The summed E-state index contributed by atoms with van der Waals surface area (Å²) in [6, 6.07) is 0. The van der Waals surface area contributed by atoms with E-state index in [9.17, 15) is 18.0 Å². The molecule has 0 aromatic carbocycles. The molecule has 0 saturated heterocycles. The molecule has 2 nitrogen and oxygen atoms in total. The normalized spacial score (nSPS) is 24.4. The molecule has 1 saturated carbocycles. The van der Waals surface area contributed by atoms with Gasteiger partial charge in [0.15, 0.2) is 0 Å². The third-order valence-corrected chi connectivity index (χ3v) is 3.48. The zero-order chi connectivity index (χ0) is 13.8. The summed E-state index contributed by atoms with van der Waals surface area (Å²) in [5, 5.41) is 0. The number of hydrogen-bond donors (Lipinski definition) is 0. The predicted molar refractivity (Wildman–Crippen MR) is 62.6 cm³/mol. The molecule has 1 fully saturated rings. The van der Waals surface area contributed by atoms with Crippen LogP contribution in [-0.2, 0) is 4.79 Å². The lowest BCUT2D eigenvalue weighted by Gasteiger charge is -2.34. The quantitative estimate of drug-likeness (QED) is 0.715. The standard InChI is InChI=1S/C13H18F3NO/c1-3-9-17(4-2)12(18)10-7-5-6-8-11(10)13(14,15)16/h1,10-11H,4-9H2,2H3. The van der Waals surface area contributed by atoms with Crippen molar-refractivity contribution in [2.75, 3.05) is 13.1 Å². The Kier molecular flexibility index (Phi) is 5.06. The monoisotopic (exact) mass is 261 g/mol. The molecule has 102 valence electrons. The van der Waals surface area contributed by atoms with Crippen molar-refractivity contribution in [1.82, 2.24) is 4.90 Å². The van der Waals surface area contributed by atoms with Crippen molar-refractivity contribution in [2.24, 2.45) is 11.8 Å². The van der Waals surface area contributed by atoms with E-state index in [0.29, 0.717) is 25.8 Å². The summed E-state index contributed by atoms with van der Waals surface area (Å²) >= 11 is 0. The van der Waals surface area contributed by atoms with Gasteiger partial charge in [-0.05, 0) is 19.8 Å². The van der Waals surface area contributed by atoms with Crippen LogP contribution in [-0.4, -0.2) is 30.1 Å². The van der Waals surface area contributed by atoms with Gasteiger partial charge in [0.1, 0.15) is 0 Å². The molecular formula is C13H18F3NO. The second-order valence-corrected chi connectivity index (χ2v) is 4.60. The molecule has 5 heteroatoms. The van der Waals surface area contributed by atoms with Crippen LogP contribution in [0.15, 0.2) is 0 Å². The number of rotatable bonds is 3. The van der Waals surface area contributed by atoms with Gasteiger partial charge in [-0.25, -0.2) is 0 Å². The van der Waals surface area contributed by atoms with Crippen LogP contribution in [0.25, 0.3) is 0 Å². The molecule has 1 aliphatic rings. The zero-order valence-electron chi connectivity index (χ0n) is 10.5. The number of alkyl halides is 3. The maximum atomic E-state index is 12.9. The van der Waals surface area contributed by atoms with E-state index >= 15 is 0 Å². The van der Waals surface area contributed by atoms with Crippen LogP contribution in [0.3, 0.4) is 0 Å². The van der Waals surface area contributed by atoms with E-state index in [0.717, 1.165) is 0 Å². The number of nitrogens with zero attached hydrogens (tertiary/aromatic N) is 1. The van der Waals surface area contributed by atoms with E-state index < -0.39 is 23.9 Å². The summed E-state index contributed by atoms with van der Waals surface area (Å²) < 4.78 is 38.7. The highest BCUT2D eigenvalue weighted by molar-refractivity contribution is 5.79. The molecule has 1 amide bonds. The number of amides is 1. The first-order valence-electron chi connectivity index (χ1n) is 6.20. The Morgan fingerprint density at radius 3 is 2.50 bits per heavy atom. The van der Waals surface area contributed by atoms with E-state index in [1.54, 1.807) is 6.92 Å². The second-order valence-electron chi connectivity index (χ2n) is 4.60. The SMILES string of the molecule is C#CCN(CC)C(=O)C1CCCCC1C(F)(F)F. The van der Waals surface area contributed by atoms with Gasteiger partial charge in [0.05, 0.1) is 12.5 Å². The second kappa shape index (κ2) is 6.12. The Morgan fingerprint density at radius 1 is 1.39 bits per heavy atom. The van der Waals surface area contributed by atoms with E-state index in [2.05, 4.69) is 5.92 Å². The van der Waals surface area contributed by atoms with Gasteiger partial charge in [-0.15, -0.1) is 6.42 Å². The largest absolute Gasteiger partial charge is 0.392 e. The van der Waals surface area contributed by atoms with Crippen LogP contribution in [0.1, 0.15) is 32.6 Å². The van der Waals surface area contributed by atoms with E-state index in [-0.39, 0.29) is 13.0 Å². The Labute approximate surface area is 106 Å². The van der Waals surface area contributed by atoms with Gasteiger partial charge in [-0.1, -0.05) is 18.8 Å². The highest BCUT2D eigenvalue weighted by atomic mass is 19.4. The summed E-state index contributed by atoms with van der Waals surface area (Å²) in [5.41, 5.74) is 0. The summed E-state index contributed by atoms with van der Waals surface area (Å²) in [5.74, 6) is -0.591. The fourth-order valence-electron chi connectivity index (χ4n) is 2.51. The van der Waals surface area contributed by atoms with Gasteiger partial charge in [0.25, 0.3) is 0 Å². The maximum Gasteiger partial charge on any atom is 0.392 e. The van der Waals surface area contributed by atoms with Crippen molar-refractivity contribution >= 4 is 5.91 Å².